The SMILES string of the molecule is CCOc1ccc(C(C(=O)NC2CCCCC2)N(Cc2ccco2)C(=O)Cc2cccs2)cc1. The van der Waals surface area contributed by atoms with Gasteiger partial charge in [0.25, 0.3) is 0 Å². The fraction of sp³-hybridized carbons (Fsp3) is 0.407. The number of hydrogen-bond donors (Lipinski definition) is 1. The van der Waals surface area contributed by atoms with Crippen LogP contribution in [0.15, 0.2) is 64.6 Å². The molecule has 1 saturated carbocycles. The zero-order chi connectivity index (χ0) is 23.8. The van der Waals surface area contributed by atoms with E-state index in [1.165, 1.54) is 6.42 Å². The van der Waals surface area contributed by atoms with E-state index in [1.54, 1.807) is 28.6 Å². The Hall–Kier alpha value is -3.06. The van der Waals surface area contributed by atoms with Gasteiger partial charge in [0.1, 0.15) is 17.6 Å². The summed E-state index contributed by atoms with van der Waals surface area (Å²) in [6, 6.07) is 14.4. The maximum atomic E-state index is 13.7. The zero-order valence-electron chi connectivity index (χ0n) is 19.6. The molecule has 0 spiro atoms. The van der Waals surface area contributed by atoms with Crippen LogP contribution in [-0.2, 0) is 22.6 Å². The summed E-state index contributed by atoms with van der Waals surface area (Å²) in [5, 5.41) is 5.20. The summed E-state index contributed by atoms with van der Waals surface area (Å²) >= 11 is 1.54. The molecule has 0 aliphatic heterocycles. The first-order chi connectivity index (χ1) is 16.6. The van der Waals surface area contributed by atoms with Crippen LogP contribution in [0.4, 0.5) is 0 Å². The number of rotatable bonds is 10. The summed E-state index contributed by atoms with van der Waals surface area (Å²) in [6.07, 6.45) is 7.22. The molecule has 1 aromatic carbocycles. The van der Waals surface area contributed by atoms with Gasteiger partial charge in [0, 0.05) is 10.9 Å². The normalized spacial score (nSPS) is 15.0. The quantitative estimate of drug-likeness (QED) is 0.416. The minimum absolute atomic E-state index is 0.114. The van der Waals surface area contributed by atoms with E-state index in [1.807, 2.05) is 54.8 Å². The van der Waals surface area contributed by atoms with Gasteiger partial charge in [-0.2, -0.15) is 0 Å². The van der Waals surface area contributed by atoms with Gasteiger partial charge >= 0.3 is 0 Å². The van der Waals surface area contributed by atoms with Crippen molar-refractivity contribution >= 4 is 23.2 Å². The van der Waals surface area contributed by atoms with Crippen LogP contribution in [0.25, 0.3) is 0 Å². The number of amides is 2. The van der Waals surface area contributed by atoms with Gasteiger partial charge in [0.05, 0.1) is 25.8 Å². The van der Waals surface area contributed by atoms with Gasteiger partial charge < -0.3 is 19.4 Å². The molecule has 1 N–H and O–H groups in total. The lowest BCUT2D eigenvalue weighted by Gasteiger charge is -2.33. The molecule has 1 unspecified atom stereocenters. The molecule has 6 nitrogen and oxygen atoms in total. The highest BCUT2D eigenvalue weighted by molar-refractivity contribution is 7.10. The van der Waals surface area contributed by atoms with Gasteiger partial charge in [0.2, 0.25) is 11.8 Å². The van der Waals surface area contributed by atoms with Crippen LogP contribution in [0.2, 0.25) is 0 Å². The van der Waals surface area contributed by atoms with Gasteiger partial charge in [0.15, 0.2) is 0 Å². The highest BCUT2D eigenvalue weighted by Crippen LogP contribution is 2.28. The molecule has 180 valence electrons. The second-order valence-corrected chi connectivity index (χ2v) is 9.64. The van der Waals surface area contributed by atoms with Crippen molar-refractivity contribution in [3.8, 4) is 5.75 Å². The number of thiophene rings is 1. The predicted octanol–water partition coefficient (Wildman–Crippen LogP) is 5.50. The molecule has 3 aromatic rings. The maximum Gasteiger partial charge on any atom is 0.247 e. The molecule has 2 heterocycles. The monoisotopic (exact) mass is 480 g/mol. The molecule has 1 atom stereocenters. The minimum atomic E-state index is -0.768. The second kappa shape index (κ2) is 11.9. The average Bonchev–Trinajstić information content (AvgIpc) is 3.55. The Kier molecular flexibility index (Phi) is 8.41. The summed E-state index contributed by atoms with van der Waals surface area (Å²) in [5.41, 5.74) is 0.753. The van der Waals surface area contributed by atoms with Crippen LogP contribution in [-0.4, -0.2) is 29.4 Å². The number of nitrogens with one attached hydrogen (secondary N) is 1. The van der Waals surface area contributed by atoms with E-state index >= 15 is 0 Å². The molecule has 0 radical (unpaired) electrons. The van der Waals surface area contributed by atoms with Gasteiger partial charge in [-0.15, -0.1) is 11.3 Å². The molecule has 1 fully saturated rings. The fourth-order valence-electron chi connectivity index (χ4n) is 4.47. The third-order valence-electron chi connectivity index (χ3n) is 6.15. The number of hydrogen-bond acceptors (Lipinski definition) is 5. The molecule has 7 heteroatoms. The van der Waals surface area contributed by atoms with Gasteiger partial charge in [-0.3, -0.25) is 9.59 Å². The fourth-order valence-corrected chi connectivity index (χ4v) is 5.17. The molecular formula is C27H32N2O4S. The number of nitrogens with zero attached hydrogens (tertiary/aromatic N) is 1. The summed E-state index contributed by atoms with van der Waals surface area (Å²) in [5.74, 6) is 1.11. The van der Waals surface area contributed by atoms with Crippen LogP contribution in [0.1, 0.15) is 61.3 Å². The highest BCUT2D eigenvalue weighted by Gasteiger charge is 2.33. The summed E-state index contributed by atoms with van der Waals surface area (Å²) < 4.78 is 11.2. The van der Waals surface area contributed by atoms with E-state index in [2.05, 4.69) is 5.32 Å². The Morgan fingerprint density at radius 3 is 2.56 bits per heavy atom. The second-order valence-electron chi connectivity index (χ2n) is 8.61. The lowest BCUT2D eigenvalue weighted by molar-refractivity contribution is -0.141. The molecule has 2 aromatic heterocycles. The summed E-state index contributed by atoms with van der Waals surface area (Å²) in [4.78, 5) is 29.9. The number of ether oxygens (including phenoxy) is 1. The van der Waals surface area contributed by atoms with Crippen molar-refractivity contribution in [3.05, 3.63) is 76.4 Å². The molecule has 4 rings (SSSR count). The van der Waals surface area contributed by atoms with Crippen molar-refractivity contribution in [1.82, 2.24) is 10.2 Å². The van der Waals surface area contributed by atoms with Crippen molar-refractivity contribution in [3.63, 3.8) is 0 Å². The first-order valence-corrected chi connectivity index (χ1v) is 12.9. The third kappa shape index (κ3) is 6.29. The molecule has 2 amide bonds. The Balaban J connectivity index is 1.66. The Bertz CT molecular complexity index is 1030. The van der Waals surface area contributed by atoms with Crippen LogP contribution in [0.5, 0.6) is 5.75 Å². The molecular weight excluding hydrogens is 448 g/mol. The van der Waals surface area contributed by atoms with Crippen molar-refractivity contribution in [1.29, 1.82) is 0 Å². The number of carbonyl (C=O) groups is 2. The van der Waals surface area contributed by atoms with E-state index < -0.39 is 6.04 Å². The number of benzene rings is 1. The zero-order valence-corrected chi connectivity index (χ0v) is 20.4. The third-order valence-corrected chi connectivity index (χ3v) is 7.03. The highest BCUT2D eigenvalue weighted by atomic mass is 32.1. The maximum absolute atomic E-state index is 13.7. The largest absolute Gasteiger partial charge is 0.494 e. The van der Waals surface area contributed by atoms with Crippen molar-refractivity contribution in [2.75, 3.05) is 6.61 Å². The molecule has 34 heavy (non-hydrogen) atoms. The van der Waals surface area contributed by atoms with Crippen molar-refractivity contribution < 1.29 is 18.7 Å². The van der Waals surface area contributed by atoms with E-state index in [4.69, 9.17) is 9.15 Å². The van der Waals surface area contributed by atoms with Gasteiger partial charge in [-0.1, -0.05) is 37.5 Å². The Morgan fingerprint density at radius 2 is 1.91 bits per heavy atom. The number of carbonyl (C=O) groups excluding carboxylic acids is 2. The van der Waals surface area contributed by atoms with E-state index in [0.29, 0.717) is 12.4 Å². The van der Waals surface area contributed by atoms with Gasteiger partial charge in [-0.05, 0) is 61.0 Å². The number of furan rings is 1. The average molecular weight is 481 g/mol. The topological polar surface area (TPSA) is 71.8 Å². The molecule has 0 bridgehead atoms. The lowest BCUT2D eigenvalue weighted by Crippen LogP contribution is -2.47. The smallest absolute Gasteiger partial charge is 0.247 e. The first kappa shape index (κ1) is 24.1. The van der Waals surface area contributed by atoms with Crippen LogP contribution in [0.3, 0.4) is 0 Å². The van der Waals surface area contributed by atoms with Crippen molar-refractivity contribution in [2.45, 2.75) is 64.1 Å². The standard InChI is InChI=1S/C27H32N2O4S/c1-2-32-22-14-12-20(13-15-22)26(27(31)28-21-8-4-3-5-9-21)29(19-23-10-6-16-33-23)25(30)18-24-11-7-17-34-24/h6-7,10-17,21,26H,2-5,8-9,18-19H2,1H3,(H,28,31). The van der Waals surface area contributed by atoms with Gasteiger partial charge in [-0.25, -0.2) is 0 Å². The molecule has 1 aliphatic carbocycles. The summed E-state index contributed by atoms with van der Waals surface area (Å²) in [6.45, 7) is 2.71. The van der Waals surface area contributed by atoms with E-state index in [0.717, 1.165) is 41.9 Å². The molecule has 1 aliphatic rings. The first-order valence-electron chi connectivity index (χ1n) is 12.0. The Labute approximate surface area is 204 Å². The minimum Gasteiger partial charge on any atom is -0.494 e. The lowest BCUT2D eigenvalue weighted by atomic mass is 9.94. The van der Waals surface area contributed by atoms with Crippen LogP contribution in [0, 0.1) is 0 Å². The van der Waals surface area contributed by atoms with Crippen molar-refractivity contribution in [2.24, 2.45) is 0 Å². The van der Waals surface area contributed by atoms with E-state index in [9.17, 15) is 9.59 Å². The van der Waals surface area contributed by atoms with Crippen LogP contribution < -0.4 is 10.1 Å². The van der Waals surface area contributed by atoms with E-state index in [-0.39, 0.29) is 30.8 Å². The molecule has 0 saturated heterocycles. The summed E-state index contributed by atoms with van der Waals surface area (Å²) in [7, 11) is 0. The predicted molar refractivity (Wildman–Crippen MR) is 133 cm³/mol. The Morgan fingerprint density at radius 1 is 1.12 bits per heavy atom. The van der Waals surface area contributed by atoms with Crippen LogP contribution >= 0.6 is 11.3 Å².